The Morgan fingerprint density at radius 2 is 2.00 bits per heavy atom. The molecule has 1 aromatic heterocycles. The van der Waals surface area contributed by atoms with Crippen molar-refractivity contribution in [2.45, 2.75) is 13.1 Å². The van der Waals surface area contributed by atoms with Crippen molar-refractivity contribution < 1.29 is 17.9 Å². The van der Waals surface area contributed by atoms with Gasteiger partial charge >= 0.3 is 6.18 Å². The van der Waals surface area contributed by atoms with Crippen molar-refractivity contribution in [1.82, 2.24) is 9.78 Å². The number of rotatable bonds is 3. The highest BCUT2D eigenvalue weighted by Gasteiger charge is 2.38. The van der Waals surface area contributed by atoms with E-state index in [4.69, 9.17) is 27.9 Å². The summed E-state index contributed by atoms with van der Waals surface area (Å²) in [6.07, 6.45) is -3.85. The van der Waals surface area contributed by atoms with Crippen LogP contribution in [0, 0.1) is 0 Å². The number of ether oxygens (including phenoxy) is 1. The van der Waals surface area contributed by atoms with Gasteiger partial charge in [-0.2, -0.15) is 23.0 Å². The number of halogens is 5. The van der Waals surface area contributed by atoms with Gasteiger partial charge in [0.15, 0.2) is 0 Å². The van der Waals surface area contributed by atoms with E-state index in [2.05, 4.69) is 5.10 Å². The van der Waals surface area contributed by atoms with Crippen LogP contribution in [0.2, 0.25) is 10.0 Å². The zero-order valence-corrected chi connectivity index (χ0v) is 11.7. The maximum Gasteiger partial charge on any atom is 0.423 e. The zero-order valence-electron chi connectivity index (χ0n) is 10.2. The summed E-state index contributed by atoms with van der Waals surface area (Å²) in [4.78, 5) is 0. The van der Waals surface area contributed by atoms with E-state index in [0.29, 0.717) is 11.2 Å². The molecule has 0 aliphatic rings. The molecule has 0 saturated heterocycles. The van der Waals surface area contributed by atoms with Gasteiger partial charge in [-0.3, -0.25) is 0 Å². The van der Waals surface area contributed by atoms with Gasteiger partial charge in [-0.05, 0) is 25.1 Å². The Hall–Kier alpha value is -1.40. The Labute approximate surface area is 122 Å². The van der Waals surface area contributed by atoms with Gasteiger partial charge in [0.1, 0.15) is 5.56 Å². The first kappa shape index (κ1) is 15.0. The molecule has 0 aliphatic carbocycles. The largest absolute Gasteiger partial charge is 0.477 e. The second-order valence-corrected chi connectivity index (χ2v) is 4.65. The van der Waals surface area contributed by atoms with Crippen LogP contribution in [0.25, 0.3) is 5.69 Å². The lowest BCUT2D eigenvalue weighted by atomic mass is 10.3. The summed E-state index contributed by atoms with van der Waals surface area (Å²) in [7, 11) is 0. The first-order valence-corrected chi connectivity index (χ1v) is 6.33. The van der Waals surface area contributed by atoms with E-state index in [0.717, 1.165) is 4.68 Å². The quantitative estimate of drug-likeness (QED) is 0.825. The van der Waals surface area contributed by atoms with E-state index in [1.165, 1.54) is 18.2 Å². The average Bonchev–Trinajstić information content (AvgIpc) is 2.73. The van der Waals surface area contributed by atoms with E-state index in [-0.39, 0.29) is 17.3 Å². The van der Waals surface area contributed by atoms with Crippen molar-refractivity contribution in [2.75, 3.05) is 6.61 Å². The van der Waals surface area contributed by atoms with E-state index in [1.54, 1.807) is 6.92 Å². The molecule has 0 atom stereocenters. The normalized spacial score (nSPS) is 11.7. The summed E-state index contributed by atoms with van der Waals surface area (Å²) in [6, 6.07) is 4.40. The maximum atomic E-state index is 12.9. The second kappa shape index (κ2) is 5.54. The van der Waals surface area contributed by atoms with E-state index < -0.39 is 17.6 Å². The van der Waals surface area contributed by atoms with Crippen molar-refractivity contribution >= 4 is 23.2 Å². The molecule has 0 amide bonds. The average molecular weight is 325 g/mol. The minimum Gasteiger partial charge on any atom is -0.477 e. The molecule has 3 nitrogen and oxygen atoms in total. The lowest BCUT2D eigenvalue weighted by Crippen LogP contribution is -2.09. The van der Waals surface area contributed by atoms with Crippen LogP contribution < -0.4 is 4.74 Å². The van der Waals surface area contributed by atoms with Crippen molar-refractivity contribution in [3.05, 3.63) is 40.0 Å². The predicted molar refractivity (Wildman–Crippen MR) is 69.8 cm³/mol. The highest BCUT2D eigenvalue weighted by molar-refractivity contribution is 6.35. The molecule has 8 heteroatoms. The smallest absolute Gasteiger partial charge is 0.423 e. The van der Waals surface area contributed by atoms with Crippen LogP contribution in [-0.4, -0.2) is 16.4 Å². The fourth-order valence-corrected chi connectivity index (χ4v) is 2.12. The van der Waals surface area contributed by atoms with Gasteiger partial charge in [0.2, 0.25) is 5.88 Å². The molecule has 0 fully saturated rings. The Balaban J connectivity index is 2.59. The molecule has 20 heavy (non-hydrogen) atoms. The molecule has 108 valence electrons. The molecular formula is C12H9Cl2F3N2O. The van der Waals surface area contributed by atoms with Crippen molar-refractivity contribution in [3.8, 4) is 11.6 Å². The molecule has 0 saturated carbocycles. The van der Waals surface area contributed by atoms with Crippen molar-refractivity contribution in [2.24, 2.45) is 0 Å². The van der Waals surface area contributed by atoms with E-state index in [9.17, 15) is 13.2 Å². The summed E-state index contributed by atoms with van der Waals surface area (Å²) < 4.78 is 44.7. The van der Waals surface area contributed by atoms with Gasteiger partial charge in [0.05, 0.1) is 23.5 Å². The molecule has 0 unspecified atom stereocenters. The highest BCUT2D eigenvalue weighted by atomic mass is 35.5. The van der Waals surface area contributed by atoms with Gasteiger partial charge in [-0.15, -0.1) is 0 Å². The third-order valence-corrected chi connectivity index (χ3v) is 2.99. The fourth-order valence-electron chi connectivity index (χ4n) is 1.63. The molecule has 0 radical (unpaired) electrons. The zero-order chi connectivity index (χ0) is 14.9. The SMILES string of the molecule is CCOc1c(C(F)(F)F)cnn1-c1ccc(Cl)cc1Cl. The number of benzene rings is 1. The number of aromatic nitrogens is 2. The third-order valence-electron chi connectivity index (χ3n) is 2.45. The third kappa shape index (κ3) is 2.86. The summed E-state index contributed by atoms with van der Waals surface area (Å²) >= 11 is 11.7. The van der Waals surface area contributed by atoms with Crippen LogP contribution in [0.1, 0.15) is 12.5 Å². The Kier molecular flexibility index (Phi) is 4.15. The standard InChI is InChI=1S/C12H9Cl2F3N2O/c1-2-20-11-8(12(15,16)17)6-18-19(11)10-4-3-7(13)5-9(10)14/h3-6H,2H2,1H3. The molecule has 2 aromatic rings. The summed E-state index contributed by atoms with van der Waals surface area (Å²) in [5, 5.41) is 4.26. The number of nitrogens with zero attached hydrogens (tertiary/aromatic N) is 2. The lowest BCUT2D eigenvalue weighted by molar-refractivity contribution is -0.139. The molecule has 2 rings (SSSR count). The monoisotopic (exact) mass is 324 g/mol. The van der Waals surface area contributed by atoms with Crippen LogP contribution >= 0.6 is 23.2 Å². The molecule has 1 heterocycles. The number of hydrogen-bond donors (Lipinski definition) is 0. The second-order valence-electron chi connectivity index (χ2n) is 3.80. The van der Waals surface area contributed by atoms with Crippen LogP contribution in [0.15, 0.2) is 24.4 Å². The van der Waals surface area contributed by atoms with Crippen molar-refractivity contribution in [3.63, 3.8) is 0 Å². The maximum absolute atomic E-state index is 12.9. The van der Waals surface area contributed by atoms with Gasteiger partial charge in [-0.25, -0.2) is 0 Å². The van der Waals surface area contributed by atoms with Crippen LogP contribution in [0.4, 0.5) is 13.2 Å². The molecule has 1 aromatic carbocycles. The predicted octanol–water partition coefficient (Wildman–Crippen LogP) is 4.60. The highest BCUT2D eigenvalue weighted by Crippen LogP contribution is 2.38. The van der Waals surface area contributed by atoms with E-state index >= 15 is 0 Å². The first-order valence-electron chi connectivity index (χ1n) is 5.58. The molecule has 0 spiro atoms. The van der Waals surface area contributed by atoms with Crippen LogP contribution in [0.5, 0.6) is 5.88 Å². The molecule has 0 bridgehead atoms. The summed E-state index contributed by atoms with van der Waals surface area (Å²) in [5.74, 6) is -0.399. The summed E-state index contributed by atoms with van der Waals surface area (Å²) in [5.41, 5.74) is -0.694. The van der Waals surface area contributed by atoms with E-state index in [1.807, 2.05) is 0 Å². The number of hydrogen-bond acceptors (Lipinski definition) is 2. The lowest BCUT2D eigenvalue weighted by Gasteiger charge is -2.12. The minimum atomic E-state index is -4.55. The first-order chi connectivity index (χ1) is 9.34. The Bertz CT molecular complexity index is 626. The molecular weight excluding hydrogens is 316 g/mol. The van der Waals surface area contributed by atoms with Gasteiger partial charge < -0.3 is 4.74 Å². The summed E-state index contributed by atoms with van der Waals surface area (Å²) in [6.45, 7) is 1.65. The van der Waals surface area contributed by atoms with Gasteiger partial charge in [0, 0.05) is 5.02 Å². The Morgan fingerprint density at radius 1 is 1.30 bits per heavy atom. The number of alkyl halides is 3. The fraction of sp³-hybridized carbons (Fsp3) is 0.250. The molecule has 0 aliphatic heterocycles. The van der Waals surface area contributed by atoms with Crippen LogP contribution in [0.3, 0.4) is 0 Å². The van der Waals surface area contributed by atoms with Gasteiger partial charge in [0.25, 0.3) is 0 Å². The topological polar surface area (TPSA) is 27.1 Å². The minimum absolute atomic E-state index is 0.0694. The van der Waals surface area contributed by atoms with Gasteiger partial charge in [-0.1, -0.05) is 23.2 Å². The Morgan fingerprint density at radius 3 is 2.55 bits per heavy atom. The van der Waals surface area contributed by atoms with Crippen LogP contribution in [-0.2, 0) is 6.18 Å². The van der Waals surface area contributed by atoms with Crippen molar-refractivity contribution in [1.29, 1.82) is 0 Å². The molecule has 0 N–H and O–H groups in total.